The quantitative estimate of drug-likeness (QED) is 0.598. The summed E-state index contributed by atoms with van der Waals surface area (Å²) < 4.78 is 6.99. The second kappa shape index (κ2) is 6.72. The van der Waals surface area contributed by atoms with Crippen LogP contribution in [0, 0.1) is 5.41 Å². The molecule has 7 heteroatoms. The van der Waals surface area contributed by atoms with Gasteiger partial charge in [-0.3, -0.25) is 4.79 Å². The van der Waals surface area contributed by atoms with Crippen molar-refractivity contribution in [1.29, 1.82) is 0 Å². The van der Waals surface area contributed by atoms with Gasteiger partial charge in [-0.15, -0.1) is 0 Å². The number of H-pyrrole nitrogens is 1. The van der Waals surface area contributed by atoms with E-state index in [0.717, 1.165) is 16.8 Å². The zero-order valence-corrected chi connectivity index (χ0v) is 14.8. The SMILES string of the molecule is O=C(NCC1(CO)COC1)c1[nH]c(-c2cccc(Cl)c2)c2cccc[n+]12. The van der Waals surface area contributed by atoms with E-state index < -0.39 is 0 Å². The van der Waals surface area contributed by atoms with Crippen LogP contribution in [0.1, 0.15) is 10.6 Å². The van der Waals surface area contributed by atoms with Gasteiger partial charge in [0.25, 0.3) is 0 Å². The van der Waals surface area contributed by atoms with Gasteiger partial charge in [0.2, 0.25) is 0 Å². The molecule has 0 atom stereocenters. The maximum Gasteiger partial charge on any atom is 0.351 e. The molecule has 6 nitrogen and oxygen atoms in total. The molecule has 3 aromatic rings. The summed E-state index contributed by atoms with van der Waals surface area (Å²) in [4.78, 5) is 16.0. The number of carbonyl (C=O) groups is 1. The summed E-state index contributed by atoms with van der Waals surface area (Å²) in [5.74, 6) is 0.183. The molecule has 1 aromatic carbocycles. The zero-order chi connectivity index (χ0) is 18.1. The first kappa shape index (κ1) is 17.0. The number of ether oxygens (including phenoxy) is 1. The third-order valence-corrected chi connectivity index (χ3v) is 4.94. The van der Waals surface area contributed by atoms with Crippen molar-refractivity contribution in [3.63, 3.8) is 0 Å². The van der Waals surface area contributed by atoms with Crippen LogP contribution in [0.5, 0.6) is 0 Å². The topological polar surface area (TPSA) is 78.4 Å². The normalized spacial score (nSPS) is 15.6. The number of aliphatic hydroxyl groups excluding tert-OH is 1. The molecule has 1 fully saturated rings. The van der Waals surface area contributed by atoms with Gasteiger partial charge in [-0.2, -0.15) is 4.40 Å². The lowest BCUT2D eigenvalue weighted by molar-refractivity contribution is -0.513. The van der Waals surface area contributed by atoms with Crippen LogP contribution in [-0.2, 0) is 4.74 Å². The Bertz CT molecular complexity index is 960. The van der Waals surface area contributed by atoms with Crippen molar-refractivity contribution in [2.45, 2.75) is 0 Å². The van der Waals surface area contributed by atoms with Crippen LogP contribution in [-0.4, -0.2) is 42.4 Å². The second-order valence-corrected chi connectivity index (χ2v) is 7.08. The number of benzene rings is 1. The summed E-state index contributed by atoms with van der Waals surface area (Å²) in [7, 11) is 0. The summed E-state index contributed by atoms with van der Waals surface area (Å²) in [6, 6.07) is 13.2. The standard InChI is InChI=1S/C19H18ClN3O3/c20-14-5-3-4-13(8-14)16-15-6-1-2-7-23(15)17(22-16)18(25)21-9-19(10-24)11-26-12-19/h1-8,24H,9-12H2,(H,21,25)/p+1. The molecule has 2 aromatic heterocycles. The highest BCUT2D eigenvalue weighted by atomic mass is 35.5. The van der Waals surface area contributed by atoms with Crippen LogP contribution in [0.4, 0.5) is 0 Å². The highest BCUT2D eigenvalue weighted by Gasteiger charge is 2.39. The van der Waals surface area contributed by atoms with Gasteiger partial charge in [-0.1, -0.05) is 29.8 Å². The zero-order valence-electron chi connectivity index (χ0n) is 14.0. The predicted molar refractivity (Wildman–Crippen MR) is 97.1 cm³/mol. The van der Waals surface area contributed by atoms with E-state index in [4.69, 9.17) is 16.3 Å². The first-order chi connectivity index (χ1) is 12.6. The lowest BCUT2D eigenvalue weighted by Crippen LogP contribution is -2.53. The molecule has 26 heavy (non-hydrogen) atoms. The molecule has 4 rings (SSSR count). The van der Waals surface area contributed by atoms with Gasteiger partial charge in [0.15, 0.2) is 11.2 Å². The molecule has 0 bridgehead atoms. The third-order valence-electron chi connectivity index (χ3n) is 4.70. The molecule has 0 saturated carbocycles. The molecular weight excluding hydrogens is 354 g/mol. The minimum Gasteiger partial charge on any atom is -0.396 e. The first-order valence-corrected chi connectivity index (χ1v) is 8.75. The van der Waals surface area contributed by atoms with Crippen molar-refractivity contribution in [3.05, 3.63) is 59.5 Å². The van der Waals surface area contributed by atoms with Gasteiger partial charge in [0, 0.05) is 17.1 Å². The van der Waals surface area contributed by atoms with E-state index in [1.165, 1.54) is 0 Å². The summed E-state index contributed by atoms with van der Waals surface area (Å²) in [6.07, 6.45) is 1.84. The van der Waals surface area contributed by atoms with Crippen LogP contribution in [0.25, 0.3) is 16.8 Å². The molecule has 0 unspecified atom stereocenters. The largest absolute Gasteiger partial charge is 0.396 e. The van der Waals surface area contributed by atoms with E-state index in [1.807, 2.05) is 53.1 Å². The lowest BCUT2D eigenvalue weighted by atomic mass is 9.87. The van der Waals surface area contributed by atoms with Crippen LogP contribution in [0.3, 0.4) is 0 Å². The van der Waals surface area contributed by atoms with Crippen LogP contribution in [0.15, 0.2) is 48.7 Å². The van der Waals surface area contributed by atoms with E-state index >= 15 is 0 Å². The van der Waals surface area contributed by atoms with Crippen molar-refractivity contribution >= 4 is 23.0 Å². The Morgan fingerprint density at radius 3 is 2.85 bits per heavy atom. The van der Waals surface area contributed by atoms with Crippen molar-refractivity contribution < 1.29 is 19.0 Å². The number of aromatic nitrogens is 2. The van der Waals surface area contributed by atoms with E-state index in [1.54, 1.807) is 0 Å². The number of fused-ring (bicyclic) bond motifs is 1. The van der Waals surface area contributed by atoms with Gasteiger partial charge < -0.3 is 15.2 Å². The minimum atomic E-state index is -0.376. The number of nitrogens with one attached hydrogen (secondary N) is 2. The van der Waals surface area contributed by atoms with Gasteiger partial charge >= 0.3 is 11.7 Å². The Labute approximate surface area is 155 Å². The van der Waals surface area contributed by atoms with Crippen LogP contribution < -0.4 is 9.72 Å². The minimum absolute atomic E-state index is 0.0142. The average molecular weight is 373 g/mol. The number of nitrogens with zero attached hydrogens (tertiary/aromatic N) is 1. The van der Waals surface area contributed by atoms with Gasteiger partial charge in [-0.05, 0) is 24.3 Å². The van der Waals surface area contributed by atoms with E-state index in [2.05, 4.69) is 10.3 Å². The van der Waals surface area contributed by atoms with Crippen molar-refractivity contribution in [2.24, 2.45) is 5.41 Å². The van der Waals surface area contributed by atoms with E-state index in [9.17, 15) is 9.90 Å². The average Bonchev–Trinajstić information content (AvgIpc) is 3.01. The molecule has 0 spiro atoms. The Morgan fingerprint density at radius 1 is 1.31 bits per heavy atom. The number of hydrogen-bond donors (Lipinski definition) is 3. The molecule has 0 radical (unpaired) electrons. The Hall–Kier alpha value is -2.41. The summed E-state index contributed by atoms with van der Waals surface area (Å²) >= 11 is 6.12. The highest BCUT2D eigenvalue weighted by Crippen LogP contribution is 2.26. The van der Waals surface area contributed by atoms with Crippen LogP contribution in [0.2, 0.25) is 5.02 Å². The fourth-order valence-corrected chi connectivity index (χ4v) is 3.30. The van der Waals surface area contributed by atoms with Gasteiger partial charge in [0.05, 0.1) is 31.4 Å². The second-order valence-electron chi connectivity index (χ2n) is 6.65. The number of aliphatic hydroxyl groups is 1. The van der Waals surface area contributed by atoms with Crippen molar-refractivity contribution in [1.82, 2.24) is 10.3 Å². The third kappa shape index (κ3) is 2.96. The number of aromatic amines is 1. The maximum atomic E-state index is 12.8. The number of hydrogen-bond acceptors (Lipinski definition) is 3. The first-order valence-electron chi connectivity index (χ1n) is 8.37. The van der Waals surface area contributed by atoms with Crippen LogP contribution >= 0.6 is 11.6 Å². The summed E-state index contributed by atoms with van der Waals surface area (Å²) in [5.41, 5.74) is 2.23. The molecule has 1 aliphatic rings. The van der Waals surface area contributed by atoms with Crippen molar-refractivity contribution in [3.8, 4) is 11.3 Å². The molecule has 134 valence electrons. The van der Waals surface area contributed by atoms with Gasteiger partial charge in [-0.25, -0.2) is 4.98 Å². The van der Waals surface area contributed by atoms with Gasteiger partial charge in [0.1, 0.15) is 0 Å². The Kier molecular flexibility index (Phi) is 4.40. The molecule has 1 amide bonds. The fraction of sp³-hybridized carbons (Fsp3) is 0.263. The van der Waals surface area contributed by atoms with E-state index in [0.29, 0.717) is 30.6 Å². The molecule has 1 aliphatic heterocycles. The maximum absolute atomic E-state index is 12.8. The monoisotopic (exact) mass is 372 g/mol. The molecular formula is C19H19ClN3O3+. The van der Waals surface area contributed by atoms with Crippen molar-refractivity contribution in [2.75, 3.05) is 26.4 Å². The number of amides is 1. The summed E-state index contributed by atoms with van der Waals surface area (Å²) in [5, 5.41) is 13.0. The predicted octanol–water partition coefficient (Wildman–Crippen LogP) is 1.81. The molecule has 3 heterocycles. The Morgan fingerprint density at radius 2 is 2.15 bits per heavy atom. The molecule has 3 N–H and O–H groups in total. The highest BCUT2D eigenvalue weighted by molar-refractivity contribution is 6.30. The number of halogens is 1. The molecule has 1 saturated heterocycles. The van der Waals surface area contributed by atoms with E-state index in [-0.39, 0.29) is 17.9 Å². The summed E-state index contributed by atoms with van der Waals surface area (Å²) in [6.45, 7) is 1.26. The number of imidazole rings is 1. The number of pyridine rings is 1. The number of rotatable bonds is 5. The number of carbonyl (C=O) groups excluding carboxylic acids is 1. The fourth-order valence-electron chi connectivity index (χ4n) is 3.11. The Balaban J connectivity index is 1.68. The smallest absolute Gasteiger partial charge is 0.351 e. The lowest BCUT2D eigenvalue weighted by Gasteiger charge is -2.39. The molecule has 0 aliphatic carbocycles.